The second-order valence-electron chi connectivity index (χ2n) is 7.52. The number of rotatable bonds is 9. The van der Waals surface area contributed by atoms with Crippen LogP contribution < -0.4 is 9.47 Å². The lowest BCUT2D eigenvalue weighted by Crippen LogP contribution is -2.37. The van der Waals surface area contributed by atoms with E-state index in [9.17, 15) is 4.79 Å². The highest BCUT2D eigenvalue weighted by molar-refractivity contribution is 5.69. The Morgan fingerprint density at radius 3 is 2.46 bits per heavy atom. The number of carbonyl (C=O) groups is 1. The average Bonchev–Trinajstić information content (AvgIpc) is 3.40. The molecule has 1 aliphatic rings. The molecule has 0 N–H and O–H groups in total. The third-order valence-corrected chi connectivity index (χ3v) is 3.95. The minimum absolute atomic E-state index is 0.262. The Kier molecular flexibility index (Phi) is 7.14. The van der Waals surface area contributed by atoms with Crippen molar-refractivity contribution < 1.29 is 23.7 Å². The molecule has 0 atom stereocenters. The Balaban J connectivity index is 2.07. The number of amides is 1. The molecule has 0 aliphatic heterocycles. The zero-order valence-corrected chi connectivity index (χ0v) is 16.5. The first-order chi connectivity index (χ1) is 12.3. The van der Waals surface area contributed by atoms with E-state index in [4.69, 9.17) is 18.9 Å². The average molecular weight is 365 g/mol. The SMILES string of the molecule is COCCCOc1cc(CN(C(=O)OC(C)(C)C)C2CC2)ccc1OC. The third-order valence-electron chi connectivity index (χ3n) is 3.95. The molecule has 1 aromatic rings. The number of carbonyl (C=O) groups excluding carboxylic acids is 1. The van der Waals surface area contributed by atoms with E-state index in [2.05, 4.69) is 0 Å². The molecular weight excluding hydrogens is 334 g/mol. The summed E-state index contributed by atoms with van der Waals surface area (Å²) in [6, 6.07) is 6.03. The third kappa shape index (κ3) is 6.41. The first-order valence-electron chi connectivity index (χ1n) is 9.12. The number of hydrogen-bond acceptors (Lipinski definition) is 5. The van der Waals surface area contributed by atoms with Crippen LogP contribution in [-0.4, -0.2) is 50.1 Å². The van der Waals surface area contributed by atoms with E-state index in [1.54, 1.807) is 14.2 Å². The summed E-state index contributed by atoms with van der Waals surface area (Å²) in [6.45, 7) is 7.35. The molecule has 1 aliphatic carbocycles. The second-order valence-corrected chi connectivity index (χ2v) is 7.52. The largest absolute Gasteiger partial charge is 0.493 e. The van der Waals surface area contributed by atoms with Crippen LogP contribution in [0.5, 0.6) is 11.5 Å². The van der Waals surface area contributed by atoms with Crippen LogP contribution in [0.3, 0.4) is 0 Å². The molecule has 1 saturated carbocycles. The number of ether oxygens (including phenoxy) is 4. The van der Waals surface area contributed by atoms with Crippen molar-refractivity contribution in [3.8, 4) is 11.5 Å². The monoisotopic (exact) mass is 365 g/mol. The molecule has 0 spiro atoms. The van der Waals surface area contributed by atoms with Crippen molar-refractivity contribution in [1.29, 1.82) is 0 Å². The maximum Gasteiger partial charge on any atom is 0.410 e. The van der Waals surface area contributed by atoms with E-state index < -0.39 is 5.60 Å². The second kappa shape index (κ2) is 9.12. The van der Waals surface area contributed by atoms with Gasteiger partial charge in [-0.05, 0) is 51.3 Å². The fourth-order valence-electron chi connectivity index (χ4n) is 2.56. The first kappa shape index (κ1) is 20.4. The zero-order chi connectivity index (χ0) is 19.2. The summed E-state index contributed by atoms with van der Waals surface area (Å²) < 4.78 is 21.8. The Morgan fingerprint density at radius 2 is 1.88 bits per heavy atom. The summed E-state index contributed by atoms with van der Waals surface area (Å²) >= 11 is 0. The highest BCUT2D eigenvalue weighted by Crippen LogP contribution is 2.33. The topological polar surface area (TPSA) is 57.2 Å². The molecule has 0 saturated heterocycles. The summed E-state index contributed by atoms with van der Waals surface area (Å²) in [4.78, 5) is 14.3. The van der Waals surface area contributed by atoms with Crippen LogP contribution in [0.25, 0.3) is 0 Å². The quantitative estimate of drug-likeness (QED) is 0.619. The van der Waals surface area contributed by atoms with Crippen molar-refractivity contribution in [2.24, 2.45) is 0 Å². The molecule has 0 radical (unpaired) electrons. The van der Waals surface area contributed by atoms with Gasteiger partial charge in [0.25, 0.3) is 0 Å². The molecule has 2 rings (SSSR count). The Labute approximate surface area is 156 Å². The van der Waals surface area contributed by atoms with Crippen LogP contribution >= 0.6 is 0 Å². The van der Waals surface area contributed by atoms with Gasteiger partial charge in [0.05, 0.1) is 13.7 Å². The Bertz CT molecular complexity index is 592. The maximum atomic E-state index is 12.5. The van der Waals surface area contributed by atoms with E-state index in [1.165, 1.54) is 0 Å². The molecule has 26 heavy (non-hydrogen) atoms. The van der Waals surface area contributed by atoms with Crippen LogP contribution in [0.15, 0.2) is 18.2 Å². The molecule has 1 amide bonds. The summed E-state index contributed by atoms with van der Waals surface area (Å²) in [5.41, 5.74) is 0.491. The van der Waals surface area contributed by atoms with Gasteiger partial charge in [-0.25, -0.2) is 4.79 Å². The van der Waals surface area contributed by atoms with Gasteiger partial charge in [-0.1, -0.05) is 6.07 Å². The van der Waals surface area contributed by atoms with Crippen molar-refractivity contribution in [2.75, 3.05) is 27.4 Å². The van der Waals surface area contributed by atoms with E-state index >= 15 is 0 Å². The molecule has 0 heterocycles. The van der Waals surface area contributed by atoms with Crippen molar-refractivity contribution >= 4 is 6.09 Å². The number of methoxy groups -OCH3 is 2. The molecule has 1 fully saturated rings. The van der Waals surface area contributed by atoms with Crippen LogP contribution in [0.2, 0.25) is 0 Å². The van der Waals surface area contributed by atoms with Crippen LogP contribution in [0.1, 0.15) is 45.6 Å². The lowest BCUT2D eigenvalue weighted by atomic mass is 10.2. The van der Waals surface area contributed by atoms with Gasteiger partial charge in [0.2, 0.25) is 0 Å². The fraction of sp³-hybridized carbons (Fsp3) is 0.650. The van der Waals surface area contributed by atoms with E-state index in [-0.39, 0.29) is 12.1 Å². The van der Waals surface area contributed by atoms with Gasteiger partial charge in [-0.3, -0.25) is 0 Å². The normalized spacial score (nSPS) is 14.0. The van der Waals surface area contributed by atoms with Gasteiger partial charge < -0.3 is 23.8 Å². The number of nitrogens with zero attached hydrogens (tertiary/aromatic N) is 1. The summed E-state index contributed by atoms with van der Waals surface area (Å²) in [6.07, 6.45) is 2.58. The van der Waals surface area contributed by atoms with E-state index in [0.29, 0.717) is 31.3 Å². The van der Waals surface area contributed by atoms with Gasteiger partial charge in [0.1, 0.15) is 5.60 Å². The summed E-state index contributed by atoms with van der Waals surface area (Å²) in [5.74, 6) is 1.36. The molecule has 1 aromatic carbocycles. The first-order valence-corrected chi connectivity index (χ1v) is 9.12. The minimum Gasteiger partial charge on any atom is -0.493 e. The molecule has 0 unspecified atom stereocenters. The van der Waals surface area contributed by atoms with Gasteiger partial charge in [-0.15, -0.1) is 0 Å². The number of benzene rings is 1. The fourth-order valence-corrected chi connectivity index (χ4v) is 2.56. The molecule has 146 valence electrons. The maximum absolute atomic E-state index is 12.5. The van der Waals surface area contributed by atoms with E-state index in [0.717, 1.165) is 24.8 Å². The standard InChI is InChI=1S/C20H31NO5/c1-20(2,3)26-19(22)21(16-8-9-16)14-15-7-10-17(24-5)18(13-15)25-12-6-11-23-4/h7,10,13,16H,6,8-9,11-12,14H2,1-5H3. The summed E-state index contributed by atoms with van der Waals surface area (Å²) in [5, 5.41) is 0. The molecular formula is C20H31NO5. The summed E-state index contributed by atoms with van der Waals surface area (Å²) in [7, 11) is 3.29. The van der Waals surface area contributed by atoms with Crippen LogP contribution in [0, 0.1) is 0 Å². The van der Waals surface area contributed by atoms with Gasteiger partial charge >= 0.3 is 6.09 Å². The van der Waals surface area contributed by atoms with Crippen molar-refractivity contribution in [2.45, 2.75) is 58.2 Å². The highest BCUT2D eigenvalue weighted by Gasteiger charge is 2.35. The van der Waals surface area contributed by atoms with Crippen molar-refractivity contribution in [3.63, 3.8) is 0 Å². The molecule has 0 bridgehead atoms. The Hall–Kier alpha value is -1.95. The predicted molar refractivity (Wildman–Crippen MR) is 99.8 cm³/mol. The lowest BCUT2D eigenvalue weighted by Gasteiger charge is -2.27. The van der Waals surface area contributed by atoms with Gasteiger partial charge in [-0.2, -0.15) is 0 Å². The smallest absolute Gasteiger partial charge is 0.410 e. The van der Waals surface area contributed by atoms with Crippen LogP contribution in [0.4, 0.5) is 4.79 Å². The molecule has 6 heteroatoms. The van der Waals surface area contributed by atoms with Crippen LogP contribution in [-0.2, 0) is 16.0 Å². The number of hydrogen-bond donors (Lipinski definition) is 0. The minimum atomic E-state index is -0.500. The van der Waals surface area contributed by atoms with Gasteiger partial charge in [0, 0.05) is 32.7 Å². The van der Waals surface area contributed by atoms with Gasteiger partial charge in [0.15, 0.2) is 11.5 Å². The van der Waals surface area contributed by atoms with Crippen molar-refractivity contribution in [3.05, 3.63) is 23.8 Å². The molecule has 6 nitrogen and oxygen atoms in total. The molecule has 0 aromatic heterocycles. The predicted octanol–water partition coefficient (Wildman–Crippen LogP) is 4.01. The van der Waals surface area contributed by atoms with E-state index in [1.807, 2.05) is 43.9 Å². The lowest BCUT2D eigenvalue weighted by molar-refractivity contribution is 0.0216. The Morgan fingerprint density at radius 1 is 1.15 bits per heavy atom. The zero-order valence-electron chi connectivity index (χ0n) is 16.5. The highest BCUT2D eigenvalue weighted by atomic mass is 16.6. The van der Waals surface area contributed by atoms with Crippen molar-refractivity contribution in [1.82, 2.24) is 4.90 Å².